The molecule has 2 N–H and O–H groups in total. The molecule has 27 heavy (non-hydrogen) atoms. The summed E-state index contributed by atoms with van der Waals surface area (Å²) in [5.74, 6) is 0. The lowest BCUT2D eigenvalue weighted by atomic mass is 10.2. The first-order valence-electron chi connectivity index (χ1n) is 7.97. The van der Waals surface area contributed by atoms with Crippen LogP contribution >= 0.6 is 23.2 Å². The maximum Gasteiger partial charge on any atom is 0.240 e. The molecule has 148 valence electrons. The van der Waals surface area contributed by atoms with Crippen LogP contribution in [0.2, 0.25) is 10.0 Å². The number of rotatable bonds is 7. The first-order valence-corrected chi connectivity index (χ1v) is 11.7. The Morgan fingerprint density at radius 1 is 0.852 bits per heavy atom. The zero-order valence-corrected chi connectivity index (χ0v) is 18.1. The van der Waals surface area contributed by atoms with Crippen LogP contribution in [0.5, 0.6) is 0 Å². The van der Waals surface area contributed by atoms with Crippen LogP contribution in [-0.2, 0) is 20.0 Å². The highest BCUT2D eigenvalue weighted by Gasteiger charge is 2.21. The van der Waals surface area contributed by atoms with Crippen LogP contribution in [0, 0.1) is 13.8 Å². The van der Waals surface area contributed by atoms with E-state index in [1.807, 2.05) is 0 Å². The molecule has 2 aromatic carbocycles. The predicted octanol–water partition coefficient (Wildman–Crippen LogP) is 3.26. The summed E-state index contributed by atoms with van der Waals surface area (Å²) in [5, 5.41) is 0.932. The lowest BCUT2D eigenvalue weighted by Crippen LogP contribution is -2.41. The molecule has 0 fully saturated rings. The fraction of sp³-hybridized carbons (Fsp3) is 0.294. The minimum absolute atomic E-state index is 0.0624. The Bertz CT molecular complexity index is 1050. The first-order chi connectivity index (χ1) is 12.4. The van der Waals surface area contributed by atoms with Gasteiger partial charge in [0.25, 0.3) is 0 Å². The maximum atomic E-state index is 12.4. The van der Waals surface area contributed by atoms with Gasteiger partial charge >= 0.3 is 0 Å². The average Bonchev–Trinajstić information content (AvgIpc) is 2.57. The summed E-state index contributed by atoms with van der Waals surface area (Å²) in [5.41, 5.74) is 1.26. The largest absolute Gasteiger partial charge is 0.240 e. The van der Waals surface area contributed by atoms with Gasteiger partial charge < -0.3 is 0 Å². The molecule has 0 radical (unpaired) electrons. The summed E-state index contributed by atoms with van der Waals surface area (Å²) in [7, 11) is -7.59. The zero-order chi connectivity index (χ0) is 20.4. The first kappa shape index (κ1) is 22.1. The van der Waals surface area contributed by atoms with E-state index in [2.05, 4.69) is 9.44 Å². The second-order valence-corrected chi connectivity index (χ2v) is 10.5. The molecule has 2 rings (SSSR count). The van der Waals surface area contributed by atoms with E-state index in [0.717, 1.165) is 0 Å². The Hall–Kier alpha value is -1.16. The van der Waals surface area contributed by atoms with Crippen molar-refractivity contribution >= 4 is 43.2 Å². The van der Waals surface area contributed by atoms with Gasteiger partial charge in [-0.05, 0) is 68.3 Å². The van der Waals surface area contributed by atoms with Crippen LogP contribution in [0.3, 0.4) is 0 Å². The number of benzene rings is 2. The van der Waals surface area contributed by atoms with E-state index in [9.17, 15) is 16.8 Å². The monoisotopic (exact) mass is 450 g/mol. The Morgan fingerprint density at radius 2 is 1.30 bits per heavy atom. The van der Waals surface area contributed by atoms with Crippen LogP contribution in [-0.4, -0.2) is 29.4 Å². The van der Waals surface area contributed by atoms with Gasteiger partial charge in [0, 0.05) is 22.6 Å². The third-order valence-electron chi connectivity index (χ3n) is 3.82. The summed E-state index contributed by atoms with van der Waals surface area (Å²) in [6.45, 7) is 4.85. The van der Waals surface area contributed by atoms with Crippen LogP contribution in [0.1, 0.15) is 18.1 Å². The number of hydrogen-bond acceptors (Lipinski definition) is 4. The summed E-state index contributed by atoms with van der Waals surface area (Å²) in [6.07, 6.45) is 0. The van der Waals surface area contributed by atoms with Crippen LogP contribution in [0.4, 0.5) is 0 Å². The highest BCUT2D eigenvalue weighted by atomic mass is 35.5. The van der Waals surface area contributed by atoms with Crippen molar-refractivity contribution in [3.05, 3.63) is 57.6 Å². The standard InChI is InChI=1S/C17H20Cl2N2O4S2/c1-11-8-14(4-6-16(11)18)26(22,23)20-10-13(3)21-27(24,25)15-5-7-17(19)12(2)9-15/h4-9,13,20-21H,10H2,1-3H3. The van der Waals surface area contributed by atoms with E-state index in [-0.39, 0.29) is 16.3 Å². The summed E-state index contributed by atoms with van der Waals surface area (Å²) in [4.78, 5) is 0.125. The minimum Gasteiger partial charge on any atom is -0.210 e. The van der Waals surface area contributed by atoms with Crippen molar-refractivity contribution in [3.63, 3.8) is 0 Å². The number of halogens is 2. The molecule has 0 saturated carbocycles. The van der Waals surface area contributed by atoms with E-state index in [0.29, 0.717) is 21.2 Å². The minimum atomic E-state index is -3.80. The molecule has 0 saturated heterocycles. The van der Waals surface area contributed by atoms with Crippen molar-refractivity contribution in [2.24, 2.45) is 0 Å². The van der Waals surface area contributed by atoms with E-state index < -0.39 is 26.1 Å². The van der Waals surface area contributed by atoms with Crippen molar-refractivity contribution in [1.82, 2.24) is 9.44 Å². The number of aryl methyl sites for hydroxylation is 2. The fourth-order valence-corrected chi connectivity index (χ4v) is 5.04. The maximum absolute atomic E-state index is 12.4. The topological polar surface area (TPSA) is 92.3 Å². The summed E-state index contributed by atoms with van der Waals surface area (Å²) < 4.78 is 54.5. The zero-order valence-electron chi connectivity index (χ0n) is 15.0. The van der Waals surface area contributed by atoms with Crippen molar-refractivity contribution in [1.29, 1.82) is 0 Å². The van der Waals surface area contributed by atoms with E-state index in [1.165, 1.54) is 36.4 Å². The summed E-state index contributed by atoms with van der Waals surface area (Å²) in [6, 6.07) is 8.03. The lowest BCUT2D eigenvalue weighted by molar-refractivity contribution is 0.545. The molecule has 0 aliphatic carbocycles. The van der Waals surface area contributed by atoms with Gasteiger partial charge in [-0.2, -0.15) is 0 Å². The van der Waals surface area contributed by atoms with E-state index in [4.69, 9.17) is 23.2 Å². The smallest absolute Gasteiger partial charge is 0.210 e. The second-order valence-electron chi connectivity index (χ2n) is 6.20. The third kappa shape index (κ3) is 5.66. The molecule has 0 spiro atoms. The number of hydrogen-bond donors (Lipinski definition) is 2. The quantitative estimate of drug-likeness (QED) is 0.676. The molecule has 1 atom stereocenters. The average molecular weight is 451 g/mol. The molecule has 1 unspecified atom stereocenters. The van der Waals surface area contributed by atoms with Crippen molar-refractivity contribution in [2.75, 3.05) is 6.54 Å². The van der Waals surface area contributed by atoms with Gasteiger partial charge in [-0.1, -0.05) is 23.2 Å². The second kappa shape index (κ2) is 8.46. The van der Waals surface area contributed by atoms with Gasteiger partial charge in [0.15, 0.2) is 0 Å². The molecule has 0 aromatic heterocycles. The van der Waals surface area contributed by atoms with Crippen LogP contribution < -0.4 is 9.44 Å². The molecule has 10 heteroatoms. The van der Waals surface area contributed by atoms with Gasteiger partial charge in [-0.25, -0.2) is 26.3 Å². The van der Waals surface area contributed by atoms with Gasteiger partial charge in [0.05, 0.1) is 9.79 Å². The van der Waals surface area contributed by atoms with Gasteiger partial charge in [0.2, 0.25) is 20.0 Å². The van der Waals surface area contributed by atoms with Crippen molar-refractivity contribution < 1.29 is 16.8 Å². The normalized spacial score (nSPS) is 13.5. The Labute approximate surface area is 170 Å². The Kier molecular flexibility index (Phi) is 6.94. The molecule has 6 nitrogen and oxygen atoms in total. The van der Waals surface area contributed by atoms with E-state index in [1.54, 1.807) is 20.8 Å². The van der Waals surface area contributed by atoms with Crippen LogP contribution in [0.25, 0.3) is 0 Å². The van der Waals surface area contributed by atoms with Crippen molar-refractivity contribution in [3.8, 4) is 0 Å². The Balaban J connectivity index is 2.07. The molecular formula is C17H20Cl2N2O4S2. The van der Waals surface area contributed by atoms with Gasteiger partial charge in [-0.3, -0.25) is 0 Å². The van der Waals surface area contributed by atoms with Gasteiger partial charge in [-0.15, -0.1) is 0 Å². The molecule has 0 bridgehead atoms. The van der Waals surface area contributed by atoms with E-state index >= 15 is 0 Å². The number of sulfonamides is 2. The third-order valence-corrected chi connectivity index (χ3v) is 7.67. The molecule has 0 heterocycles. The predicted molar refractivity (Wildman–Crippen MR) is 107 cm³/mol. The molecular weight excluding hydrogens is 431 g/mol. The molecule has 2 aromatic rings. The molecule has 0 aliphatic rings. The Morgan fingerprint density at radius 3 is 1.74 bits per heavy atom. The van der Waals surface area contributed by atoms with Crippen LogP contribution in [0.15, 0.2) is 46.2 Å². The fourth-order valence-electron chi connectivity index (χ4n) is 2.26. The van der Waals surface area contributed by atoms with Gasteiger partial charge in [0.1, 0.15) is 0 Å². The molecule has 0 aliphatic heterocycles. The SMILES string of the molecule is Cc1cc(S(=O)(=O)NCC(C)NS(=O)(=O)c2ccc(Cl)c(C)c2)ccc1Cl. The summed E-state index contributed by atoms with van der Waals surface area (Å²) >= 11 is 11.8. The highest BCUT2D eigenvalue weighted by Crippen LogP contribution is 2.20. The lowest BCUT2D eigenvalue weighted by Gasteiger charge is -2.16. The highest BCUT2D eigenvalue weighted by molar-refractivity contribution is 7.90. The molecule has 0 amide bonds. The van der Waals surface area contributed by atoms with Crippen molar-refractivity contribution in [2.45, 2.75) is 36.6 Å². The number of nitrogens with one attached hydrogen (secondary N) is 2.